The molecular weight excluding hydrogens is 298 g/mol. The topological polar surface area (TPSA) is 88.0 Å². The van der Waals surface area contributed by atoms with Crippen molar-refractivity contribution in [1.29, 1.82) is 0 Å². The number of aliphatic hydroxyl groups is 1. The number of carbonyl (C=O) groups is 1. The Kier molecular flexibility index (Phi) is 5.69. The first-order valence-electron chi connectivity index (χ1n) is 6.33. The number of rotatable bonds is 4. The number of hydrogen-bond acceptors (Lipinski definition) is 5. The molecule has 1 amide bonds. The predicted molar refractivity (Wildman–Crippen MR) is 80.2 cm³/mol. The van der Waals surface area contributed by atoms with Crippen LogP contribution in [-0.4, -0.2) is 34.9 Å². The third kappa shape index (κ3) is 4.99. The molecule has 0 saturated heterocycles. The third-order valence-corrected chi connectivity index (χ3v) is 2.78. The number of hydrogen-bond donors (Lipinski definition) is 3. The molecular formula is C14H20ClNO5. The van der Waals surface area contributed by atoms with E-state index in [1.165, 1.54) is 19.2 Å². The quantitative estimate of drug-likeness (QED) is 0.587. The second kappa shape index (κ2) is 6.87. The lowest BCUT2D eigenvalue weighted by molar-refractivity contribution is 0.0635. The van der Waals surface area contributed by atoms with E-state index in [-0.39, 0.29) is 23.1 Å². The van der Waals surface area contributed by atoms with Gasteiger partial charge < -0.3 is 19.7 Å². The molecule has 0 heterocycles. The predicted octanol–water partition coefficient (Wildman–Crippen LogP) is 3.02. The van der Waals surface area contributed by atoms with Crippen molar-refractivity contribution in [3.63, 3.8) is 0 Å². The molecule has 1 aromatic carbocycles. The number of amides is 1. The minimum absolute atomic E-state index is 0.0280. The number of benzene rings is 1. The fraction of sp³-hybridized carbons (Fsp3) is 0.500. The van der Waals surface area contributed by atoms with Crippen LogP contribution in [0.3, 0.4) is 0 Å². The number of carbonyl (C=O) groups excluding carboxylic acids is 1. The molecule has 1 atom stereocenters. The van der Waals surface area contributed by atoms with Gasteiger partial charge in [0, 0.05) is 0 Å². The van der Waals surface area contributed by atoms with Gasteiger partial charge in [-0.2, -0.15) is 0 Å². The summed E-state index contributed by atoms with van der Waals surface area (Å²) < 4.78 is 10.1. The van der Waals surface area contributed by atoms with Crippen LogP contribution in [0.25, 0.3) is 0 Å². The second-order valence-electron chi connectivity index (χ2n) is 5.42. The van der Waals surface area contributed by atoms with E-state index in [4.69, 9.17) is 21.1 Å². The van der Waals surface area contributed by atoms with Crippen LogP contribution >= 0.6 is 11.6 Å². The molecule has 118 valence electrons. The van der Waals surface area contributed by atoms with Gasteiger partial charge in [0.1, 0.15) is 5.60 Å². The Bertz CT molecular complexity index is 513. The standard InChI is InChI=1S/C14H20ClNO5/c1-14(2,3)21-13(19)16-9-5-8(10(17)7-15)6-11(20-4)12(9)18/h5-6,10,17-18H,7H2,1-4H3,(H,16,19). The minimum Gasteiger partial charge on any atom is -0.503 e. The fourth-order valence-corrected chi connectivity index (χ4v) is 1.75. The molecule has 0 aliphatic heterocycles. The van der Waals surface area contributed by atoms with Gasteiger partial charge in [-0.1, -0.05) is 0 Å². The maximum Gasteiger partial charge on any atom is 0.412 e. The van der Waals surface area contributed by atoms with Gasteiger partial charge in [0.2, 0.25) is 0 Å². The van der Waals surface area contributed by atoms with Crippen molar-refractivity contribution in [2.75, 3.05) is 18.3 Å². The van der Waals surface area contributed by atoms with Crippen LogP contribution in [-0.2, 0) is 4.74 Å². The number of anilines is 1. The Morgan fingerprint density at radius 2 is 2.05 bits per heavy atom. The summed E-state index contributed by atoms with van der Waals surface area (Å²) in [7, 11) is 1.36. The van der Waals surface area contributed by atoms with Gasteiger partial charge in [0.25, 0.3) is 0 Å². The van der Waals surface area contributed by atoms with Crippen molar-refractivity contribution in [1.82, 2.24) is 0 Å². The molecule has 1 rings (SSSR count). The number of halogens is 1. The van der Waals surface area contributed by atoms with E-state index in [0.29, 0.717) is 5.56 Å². The maximum atomic E-state index is 11.8. The van der Waals surface area contributed by atoms with Crippen LogP contribution in [0.1, 0.15) is 32.4 Å². The Balaban J connectivity index is 3.07. The van der Waals surface area contributed by atoms with Gasteiger partial charge >= 0.3 is 6.09 Å². The summed E-state index contributed by atoms with van der Waals surface area (Å²) in [6, 6.07) is 2.86. The molecule has 7 heteroatoms. The SMILES string of the molecule is COc1cc(C(O)CCl)cc(NC(=O)OC(C)(C)C)c1O. The van der Waals surface area contributed by atoms with E-state index in [1.54, 1.807) is 20.8 Å². The average molecular weight is 318 g/mol. The highest BCUT2D eigenvalue weighted by molar-refractivity contribution is 6.18. The number of ether oxygens (including phenoxy) is 2. The van der Waals surface area contributed by atoms with E-state index >= 15 is 0 Å². The van der Waals surface area contributed by atoms with Crippen molar-refractivity contribution < 1.29 is 24.5 Å². The third-order valence-electron chi connectivity index (χ3n) is 2.48. The van der Waals surface area contributed by atoms with E-state index in [1.807, 2.05) is 0 Å². The van der Waals surface area contributed by atoms with Crippen LogP contribution < -0.4 is 10.1 Å². The number of methoxy groups -OCH3 is 1. The molecule has 1 unspecified atom stereocenters. The Morgan fingerprint density at radius 1 is 1.43 bits per heavy atom. The highest BCUT2D eigenvalue weighted by atomic mass is 35.5. The van der Waals surface area contributed by atoms with Gasteiger partial charge in [0.15, 0.2) is 11.5 Å². The van der Waals surface area contributed by atoms with Crippen molar-refractivity contribution in [2.45, 2.75) is 32.5 Å². The summed E-state index contributed by atoms with van der Waals surface area (Å²) in [4.78, 5) is 11.8. The number of alkyl halides is 1. The average Bonchev–Trinajstić information content (AvgIpc) is 2.37. The summed E-state index contributed by atoms with van der Waals surface area (Å²) in [5.41, 5.74) is -0.190. The first-order valence-corrected chi connectivity index (χ1v) is 6.86. The summed E-state index contributed by atoms with van der Waals surface area (Å²) in [5, 5.41) is 22.2. The Hall–Kier alpha value is -1.66. The molecule has 0 fully saturated rings. The Labute approximate surface area is 128 Å². The van der Waals surface area contributed by atoms with E-state index in [9.17, 15) is 15.0 Å². The summed E-state index contributed by atoms with van der Waals surface area (Å²) in [5.74, 6) is -0.170. The summed E-state index contributed by atoms with van der Waals surface area (Å²) in [6.07, 6.45) is -1.67. The highest BCUT2D eigenvalue weighted by Crippen LogP contribution is 2.37. The zero-order valence-corrected chi connectivity index (χ0v) is 13.2. The summed E-state index contributed by atoms with van der Waals surface area (Å²) in [6.45, 7) is 5.17. The van der Waals surface area contributed by atoms with Crippen LogP contribution in [0, 0.1) is 0 Å². The van der Waals surface area contributed by atoms with Crippen molar-refractivity contribution in [2.24, 2.45) is 0 Å². The van der Waals surface area contributed by atoms with Crippen LogP contribution in [0.2, 0.25) is 0 Å². The molecule has 0 aromatic heterocycles. The van der Waals surface area contributed by atoms with Gasteiger partial charge in [-0.05, 0) is 38.5 Å². The zero-order valence-electron chi connectivity index (χ0n) is 12.4. The second-order valence-corrected chi connectivity index (χ2v) is 5.72. The maximum absolute atomic E-state index is 11.8. The fourth-order valence-electron chi connectivity index (χ4n) is 1.58. The van der Waals surface area contributed by atoms with E-state index in [2.05, 4.69) is 5.32 Å². The normalized spacial score (nSPS) is 12.7. The van der Waals surface area contributed by atoms with Gasteiger partial charge in [0.05, 0.1) is 24.8 Å². The number of aromatic hydroxyl groups is 1. The highest BCUT2D eigenvalue weighted by Gasteiger charge is 2.20. The molecule has 0 aliphatic carbocycles. The van der Waals surface area contributed by atoms with Gasteiger partial charge in [-0.3, -0.25) is 5.32 Å². The smallest absolute Gasteiger partial charge is 0.412 e. The van der Waals surface area contributed by atoms with E-state index < -0.39 is 17.8 Å². The van der Waals surface area contributed by atoms with Gasteiger partial charge in [-0.15, -0.1) is 11.6 Å². The van der Waals surface area contributed by atoms with Crippen molar-refractivity contribution in [3.05, 3.63) is 17.7 Å². The molecule has 1 aromatic rings. The minimum atomic E-state index is -0.944. The molecule has 21 heavy (non-hydrogen) atoms. The van der Waals surface area contributed by atoms with Crippen LogP contribution in [0.5, 0.6) is 11.5 Å². The molecule has 3 N–H and O–H groups in total. The molecule has 0 aliphatic rings. The lowest BCUT2D eigenvalue weighted by Gasteiger charge is -2.21. The monoisotopic (exact) mass is 317 g/mol. The molecule has 6 nitrogen and oxygen atoms in total. The Morgan fingerprint density at radius 3 is 2.52 bits per heavy atom. The zero-order chi connectivity index (χ0) is 16.2. The number of phenolic OH excluding ortho intramolecular Hbond substituents is 1. The van der Waals surface area contributed by atoms with Gasteiger partial charge in [-0.25, -0.2) is 4.79 Å². The van der Waals surface area contributed by atoms with E-state index in [0.717, 1.165) is 0 Å². The first kappa shape index (κ1) is 17.4. The first-order chi connectivity index (χ1) is 9.67. The number of aliphatic hydroxyl groups excluding tert-OH is 1. The lowest BCUT2D eigenvalue weighted by atomic mass is 10.1. The van der Waals surface area contributed by atoms with Crippen LogP contribution in [0.15, 0.2) is 12.1 Å². The number of nitrogens with one attached hydrogen (secondary N) is 1. The molecule has 0 radical (unpaired) electrons. The number of phenols is 1. The molecule has 0 bridgehead atoms. The largest absolute Gasteiger partial charge is 0.503 e. The van der Waals surface area contributed by atoms with Crippen LogP contribution in [0.4, 0.5) is 10.5 Å². The molecule has 0 spiro atoms. The lowest BCUT2D eigenvalue weighted by Crippen LogP contribution is -2.27. The summed E-state index contributed by atoms with van der Waals surface area (Å²) >= 11 is 5.60. The van der Waals surface area contributed by atoms with Crippen molar-refractivity contribution >= 4 is 23.4 Å². The molecule has 0 saturated carbocycles. The van der Waals surface area contributed by atoms with Crippen molar-refractivity contribution in [3.8, 4) is 11.5 Å².